The molecule has 9 nitrogen and oxygen atoms in total. The summed E-state index contributed by atoms with van der Waals surface area (Å²) in [6.07, 6.45) is 4.97. The molecule has 1 aromatic carbocycles. The molecule has 32 heavy (non-hydrogen) atoms. The van der Waals surface area contributed by atoms with Gasteiger partial charge in [0.15, 0.2) is 11.2 Å². The van der Waals surface area contributed by atoms with Crippen LogP contribution in [0.5, 0.6) is 0 Å². The lowest BCUT2D eigenvalue weighted by Gasteiger charge is -2.17. The first kappa shape index (κ1) is 20.0. The second-order valence-corrected chi connectivity index (χ2v) is 7.96. The molecule has 1 fully saturated rings. The van der Waals surface area contributed by atoms with E-state index in [0.717, 1.165) is 23.0 Å². The first-order valence-electron chi connectivity index (χ1n) is 10.6. The Hall–Kier alpha value is -3.88. The van der Waals surface area contributed by atoms with Crippen LogP contribution in [0.15, 0.2) is 69.1 Å². The largest absolute Gasteiger partial charge is 0.467 e. The summed E-state index contributed by atoms with van der Waals surface area (Å²) < 4.78 is 9.58. The summed E-state index contributed by atoms with van der Waals surface area (Å²) in [5, 5.41) is 0. The second kappa shape index (κ2) is 8.33. The third-order valence-corrected chi connectivity index (χ3v) is 5.83. The average molecular weight is 433 g/mol. The number of furan rings is 1. The number of hydrogen-bond acceptors (Lipinski definition) is 5. The average Bonchev–Trinajstić information content (AvgIpc) is 3.57. The van der Waals surface area contributed by atoms with Crippen molar-refractivity contribution in [3.05, 3.63) is 87.2 Å². The Labute approximate surface area is 183 Å². The fraction of sp³-hybridized carbons (Fsp3) is 0.304. The van der Waals surface area contributed by atoms with Gasteiger partial charge in [0, 0.05) is 13.1 Å². The van der Waals surface area contributed by atoms with Crippen molar-refractivity contribution in [3.8, 4) is 0 Å². The van der Waals surface area contributed by atoms with E-state index >= 15 is 0 Å². The Balaban J connectivity index is 1.64. The van der Waals surface area contributed by atoms with Crippen molar-refractivity contribution in [3.63, 3.8) is 0 Å². The molecular weight excluding hydrogens is 410 g/mol. The molecule has 5 rings (SSSR count). The maximum Gasteiger partial charge on any atom is 0.333 e. The Morgan fingerprint density at radius 3 is 2.47 bits per heavy atom. The van der Waals surface area contributed by atoms with Gasteiger partial charge < -0.3 is 13.9 Å². The zero-order valence-electron chi connectivity index (χ0n) is 17.5. The molecule has 0 radical (unpaired) electrons. The van der Waals surface area contributed by atoms with E-state index in [9.17, 15) is 14.4 Å². The minimum atomic E-state index is -0.540. The van der Waals surface area contributed by atoms with Crippen molar-refractivity contribution in [2.75, 3.05) is 13.1 Å². The van der Waals surface area contributed by atoms with Crippen molar-refractivity contribution in [2.24, 2.45) is 0 Å². The second-order valence-electron chi connectivity index (χ2n) is 7.96. The van der Waals surface area contributed by atoms with Gasteiger partial charge in [0.2, 0.25) is 5.91 Å². The summed E-state index contributed by atoms with van der Waals surface area (Å²) in [5.74, 6) is 0.439. The van der Waals surface area contributed by atoms with Gasteiger partial charge in [0.1, 0.15) is 12.3 Å². The topological polar surface area (TPSA) is 95.3 Å². The zero-order chi connectivity index (χ0) is 22.1. The molecule has 4 heterocycles. The summed E-state index contributed by atoms with van der Waals surface area (Å²) in [7, 11) is 0. The highest BCUT2D eigenvalue weighted by Crippen LogP contribution is 2.13. The van der Waals surface area contributed by atoms with Crippen molar-refractivity contribution in [1.29, 1.82) is 0 Å². The monoisotopic (exact) mass is 433 g/mol. The maximum atomic E-state index is 13.4. The summed E-state index contributed by atoms with van der Waals surface area (Å²) >= 11 is 0. The number of rotatable bonds is 6. The van der Waals surface area contributed by atoms with Gasteiger partial charge in [-0.3, -0.25) is 14.2 Å². The van der Waals surface area contributed by atoms with Gasteiger partial charge in [-0.25, -0.2) is 14.3 Å². The van der Waals surface area contributed by atoms with E-state index in [0.29, 0.717) is 31.0 Å². The summed E-state index contributed by atoms with van der Waals surface area (Å²) in [5.41, 5.74) is 0.395. The number of benzene rings is 1. The van der Waals surface area contributed by atoms with E-state index in [-0.39, 0.29) is 24.5 Å². The lowest BCUT2D eigenvalue weighted by atomic mass is 10.2. The van der Waals surface area contributed by atoms with Crippen molar-refractivity contribution in [2.45, 2.75) is 32.5 Å². The predicted octanol–water partition coefficient (Wildman–Crippen LogP) is 1.67. The van der Waals surface area contributed by atoms with Gasteiger partial charge in [0.05, 0.1) is 25.7 Å². The number of amides is 1. The van der Waals surface area contributed by atoms with E-state index < -0.39 is 11.2 Å². The minimum Gasteiger partial charge on any atom is -0.467 e. The number of nitrogens with zero attached hydrogens (tertiary/aromatic N) is 5. The molecule has 9 heteroatoms. The highest BCUT2D eigenvalue weighted by Gasteiger charge is 2.23. The molecule has 0 unspecified atom stereocenters. The van der Waals surface area contributed by atoms with Crippen LogP contribution in [0.1, 0.15) is 24.2 Å². The molecule has 1 saturated heterocycles. The predicted molar refractivity (Wildman–Crippen MR) is 117 cm³/mol. The van der Waals surface area contributed by atoms with E-state index in [1.54, 1.807) is 27.9 Å². The van der Waals surface area contributed by atoms with Crippen LogP contribution in [0.4, 0.5) is 0 Å². The number of fused-ring (bicyclic) bond motifs is 1. The fourth-order valence-electron chi connectivity index (χ4n) is 4.18. The first-order chi connectivity index (χ1) is 15.6. The smallest absolute Gasteiger partial charge is 0.333 e. The van der Waals surface area contributed by atoms with E-state index in [1.165, 1.54) is 10.9 Å². The number of likely N-dealkylation sites (tertiary alicyclic amines) is 1. The summed E-state index contributed by atoms with van der Waals surface area (Å²) in [6, 6.07) is 13.1. The molecule has 164 valence electrons. The number of aromatic nitrogens is 4. The molecular formula is C23H23N5O4. The van der Waals surface area contributed by atoms with E-state index in [4.69, 9.17) is 4.42 Å². The van der Waals surface area contributed by atoms with Gasteiger partial charge in [-0.05, 0) is 30.5 Å². The number of carbonyl (C=O) groups excluding carboxylic acids is 1. The van der Waals surface area contributed by atoms with Crippen LogP contribution in [0.25, 0.3) is 11.2 Å². The lowest BCUT2D eigenvalue weighted by molar-refractivity contribution is -0.130. The Kier molecular flexibility index (Phi) is 5.22. The molecule has 0 spiro atoms. The normalized spacial score (nSPS) is 13.8. The van der Waals surface area contributed by atoms with Gasteiger partial charge >= 0.3 is 5.69 Å². The standard InChI is InChI=1S/C23H23N5O4/c29-19(25-10-4-5-11-25)15-28-22(30)20-21(24-16-26(20)14-18-9-6-12-32-18)27(23(28)31)13-17-7-2-1-3-8-17/h1-3,6-9,12,16H,4-5,10-11,13-15H2. The fourth-order valence-corrected chi connectivity index (χ4v) is 4.18. The molecule has 0 aliphatic carbocycles. The SMILES string of the molecule is O=C(Cn1c(=O)c2c(ncn2Cc2ccco2)n(Cc2ccccc2)c1=O)N1CCCC1. The molecule has 0 atom stereocenters. The molecule has 0 N–H and O–H groups in total. The van der Waals surface area contributed by atoms with Crippen molar-refractivity contribution >= 4 is 17.1 Å². The number of carbonyl (C=O) groups is 1. The van der Waals surface area contributed by atoms with Crippen molar-refractivity contribution < 1.29 is 9.21 Å². The van der Waals surface area contributed by atoms with Crippen molar-refractivity contribution in [1.82, 2.24) is 23.6 Å². The highest BCUT2D eigenvalue weighted by atomic mass is 16.3. The molecule has 4 aromatic rings. The Morgan fingerprint density at radius 2 is 1.75 bits per heavy atom. The van der Waals surface area contributed by atoms with Gasteiger partial charge in [-0.2, -0.15) is 0 Å². The zero-order valence-corrected chi connectivity index (χ0v) is 17.5. The number of hydrogen-bond donors (Lipinski definition) is 0. The van der Waals surface area contributed by atoms with Gasteiger partial charge in [-0.15, -0.1) is 0 Å². The molecule has 1 amide bonds. The van der Waals surface area contributed by atoms with Gasteiger partial charge in [-0.1, -0.05) is 30.3 Å². The molecule has 1 aliphatic heterocycles. The van der Waals surface area contributed by atoms with Crippen LogP contribution >= 0.6 is 0 Å². The summed E-state index contributed by atoms with van der Waals surface area (Å²) in [4.78, 5) is 45.7. The summed E-state index contributed by atoms with van der Waals surface area (Å²) in [6.45, 7) is 1.57. The highest BCUT2D eigenvalue weighted by molar-refractivity contribution is 5.77. The van der Waals surface area contributed by atoms with Crippen LogP contribution in [0.3, 0.4) is 0 Å². The maximum absolute atomic E-state index is 13.4. The third kappa shape index (κ3) is 3.66. The molecule has 3 aromatic heterocycles. The lowest BCUT2D eigenvalue weighted by Crippen LogP contribution is -2.45. The Morgan fingerprint density at radius 1 is 0.969 bits per heavy atom. The molecule has 0 saturated carbocycles. The van der Waals surface area contributed by atoms with Crippen LogP contribution in [0.2, 0.25) is 0 Å². The quantitative estimate of drug-likeness (QED) is 0.461. The number of imidazole rings is 1. The molecule has 0 bridgehead atoms. The van der Waals surface area contributed by atoms with Crippen LogP contribution in [-0.2, 0) is 24.4 Å². The van der Waals surface area contributed by atoms with E-state index in [2.05, 4.69) is 4.98 Å². The van der Waals surface area contributed by atoms with Crippen LogP contribution < -0.4 is 11.2 Å². The van der Waals surface area contributed by atoms with Gasteiger partial charge in [0.25, 0.3) is 5.56 Å². The molecule has 1 aliphatic rings. The first-order valence-corrected chi connectivity index (χ1v) is 10.6. The third-order valence-electron chi connectivity index (χ3n) is 5.83. The van der Waals surface area contributed by atoms with E-state index in [1.807, 2.05) is 30.3 Å². The minimum absolute atomic E-state index is 0.218. The van der Waals surface area contributed by atoms with Crippen LogP contribution in [-0.4, -0.2) is 42.6 Å². The van der Waals surface area contributed by atoms with Crippen LogP contribution in [0, 0.1) is 0 Å². The Bertz CT molecular complexity index is 1360.